The summed E-state index contributed by atoms with van der Waals surface area (Å²) in [6, 6.07) is 0. The molecule has 1 aliphatic carbocycles. The summed E-state index contributed by atoms with van der Waals surface area (Å²) in [5.74, 6) is 0.611. The minimum Gasteiger partial charge on any atom is -0.409 e. The Morgan fingerprint density at radius 3 is 2.28 bits per heavy atom. The van der Waals surface area contributed by atoms with Crippen LogP contribution in [0.2, 0.25) is 0 Å². The summed E-state index contributed by atoms with van der Waals surface area (Å²) < 4.78 is 0. The van der Waals surface area contributed by atoms with E-state index < -0.39 is 5.41 Å². The molecule has 0 aliphatic heterocycles. The second-order valence-electron chi connectivity index (χ2n) is 5.09. The highest BCUT2D eigenvalue weighted by Crippen LogP contribution is 2.47. The standard InChI is InChI=1S/C13H25N3O2/c1-4-10(5-2)9-16(6-3)12(17)13(7-8-13)11(14)15-18/h10,18H,4-9H2,1-3H3,(H2,14,15). The summed E-state index contributed by atoms with van der Waals surface area (Å²) >= 11 is 0. The number of carbonyl (C=O) groups is 1. The zero-order valence-corrected chi connectivity index (χ0v) is 11.6. The van der Waals surface area contributed by atoms with E-state index in [0.29, 0.717) is 25.3 Å². The van der Waals surface area contributed by atoms with Crippen molar-refractivity contribution in [1.29, 1.82) is 0 Å². The van der Waals surface area contributed by atoms with Crippen molar-refractivity contribution in [3.05, 3.63) is 0 Å². The highest BCUT2D eigenvalue weighted by Gasteiger charge is 2.55. The SMILES string of the molecule is CCC(CC)CN(CC)C(=O)C1(C(N)=NO)CC1. The Hall–Kier alpha value is -1.26. The predicted molar refractivity (Wildman–Crippen MR) is 71.4 cm³/mol. The molecule has 0 bridgehead atoms. The minimum absolute atomic E-state index is 0.0206. The van der Waals surface area contributed by atoms with Crippen LogP contribution in [0.25, 0.3) is 0 Å². The van der Waals surface area contributed by atoms with Crippen LogP contribution in [0.5, 0.6) is 0 Å². The molecule has 1 aliphatic rings. The molecule has 1 fully saturated rings. The van der Waals surface area contributed by atoms with Crippen LogP contribution < -0.4 is 5.73 Å². The van der Waals surface area contributed by atoms with E-state index >= 15 is 0 Å². The molecule has 0 aromatic heterocycles. The number of amides is 1. The maximum absolute atomic E-state index is 12.5. The molecule has 1 amide bonds. The first-order chi connectivity index (χ1) is 8.55. The summed E-state index contributed by atoms with van der Waals surface area (Å²) in [7, 11) is 0. The molecule has 0 unspecified atom stereocenters. The van der Waals surface area contributed by atoms with E-state index in [9.17, 15) is 4.79 Å². The average Bonchev–Trinajstić information content (AvgIpc) is 3.20. The van der Waals surface area contributed by atoms with Crippen LogP contribution in [-0.2, 0) is 4.79 Å². The van der Waals surface area contributed by atoms with E-state index in [1.807, 2.05) is 11.8 Å². The predicted octanol–water partition coefficient (Wildman–Crippen LogP) is 1.80. The third-order valence-electron chi connectivity index (χ3n) is 4.06. The largest absolute Gasteiger partial charge is 0.409 e. The molecule has 0 aromatic rings. The van der Waals surface area contributed by atoms with Gasteiger partial charge in [0.15, 0.2) is 5.84 Å². The Morgan fingerprint density at radius 2 is 1.94 bits per heavy atom. The van der Waals surface area contributed by atoms with E-state index in [1.54, 1.807) is 0 Å². The van der Waals surface area contributed by atoms with Gasteiger partial charge in [0, 0.05) is 13.1 Å². The van der Waals surface area contributed by atoms with Gasteiger partial charge in [0.2, 0.25) is 5.91 Å². The van der Waals surface area contributed by atoms with Crippen molar-refractivity contribution in [2.75, 3.05) is 13.1 Å². The molecule has 0 aromatic carbocycles. The fourth-order valence-corrected chi connectivity index (χ4v) is 2.32. The molecule has 0 radical (unpaired) electrons. The highest BCUT2D eigenvalue weighted by molar-refractivity contribution is 6.09. The quantitative estimate of drug-likeness (QED) is 0.315. The van der Waals surface area contributed by atoms with Gasteiger partial charge in [-0.1, -0.05) is 31.8 Å². The monoisotopic (exact) mass is 255 g/mol. The van der Waals surface area contributed by atoms with Crippen LogP contribution in [0, 0.1) is 11.3 Å². The molecule has 18 heavy (non-hydrogen) atoms. The Labute approximate surface area is 109 Å². The molecular formula is C13H25N3O2. The molecule has 5 heteroatoms. The van der Waals surface area contributed by atoms with Gasteiger partial charge in [0.25, 0.3) is 0 Å². The Bertz CT molecular complexity index is 320. The fourth-order valence-electron chi connectivity index (χ4n) is 2.32. The molecule has 0 heterocycles. The number of nitrogens with zero attached hydrogens (tertiary/aromatic N) is 2. The molecule has 1 rings (SSSR count). The summed E-state index contributed by atoms with van der Waals surface area (Å²) in [5.41, 5.74) is 4.94. The summed E-state index contributed by atoms with van der Waals surface area (Å²) in [4.78, 5) is 14.3. The number of rotatable bonds is 7. The van der Waals surface area contributed by atoms with E-state index in [0.717, 1.165) is 19.4 Å². The normalized spacial score (nSPS) is 17.9. The summed E-state index contributed by atoms with van der Waals surface area (Å²) in [6.45, 7) is 7.70. The molecule has 0 saturated heterocycles. The second kappa shape index (κ2) is 6.07. The van der Waals surface area contributed by atoms with Gasteiger partial charge in [-0.15, -0.1) is 0 Å². The number of hydrogen-bond donors (Lipinski definition) is 2. The first-order valence-corrected chi connectivity index (χ1v) is 6.83. The molecule has 104 valence electrons. The van der Waals surface area contributed by atoms with Crippen molar-refractivity contribution < 1.29 is 10.0 Å². The van der Waals surface area contributed by atoms with Crippen molar-refractivity contribution in [2.24, 2.45) is 22.2 Å². The maximum Gasteiger partial charge on any atom is 0.236 e. The van der Waals surface area contributed by atoms with Gasteiger partial charge in [-0.2, -0.15) is 0 Å². The van der Waals surface area contributed by atoms with Gasteiger partial charge in [-0.05, 0) is 25.7 Å². The summed E-state index contributed by atoms with van der Waals surface area (Å²) in [5, 5.41) is 11.8. The summed E-state index contributed by atoms with van der Waals surface area (Å²) in [6.07, 6.45) is 3.52. The van der Waals surface area contributed by atoms with Gasteiger partial charge in [-0.3, -0.25) is 4.79 Å². The smallest absolute Gasteiger partial charge is 0.236 e. The van der Waals surface area contributed by atoms with E-state index in [2.05, 4.69) is 19.0 Å². The van der Waals surface area contributed by atoms with Crippen LogP contribution in [0.1, 0.15) is 46.5 Å². The topological polar surface area (TPSA) is 78.9 Å². The molecular weight excluding hydrogens is 230 g/mol. The number of carbonyl (C=O) groups excluding carboxylic acids is 1. The van der Waals surface area contributed by atoms with Crippen molar-refractivity contribution in [2.45, 2.75) is 46.5 Å². The van der Waals surface area contributed by atoms with Gasteiger partial charge >= 0.3 is 0 Å². The Kier molecular flexibility index (Phi) is 4.99. The third kappa shape index (κ3) is 2.76. The van der Waals surface area contributed by atoms with Gasteiger partial charge in [0.1, 0.15) is 5.41 Å². The molecule has 3 N–H and O–H groups in total. The third-order valence-corrected chi connectivity index (χ3v) is 4.06. The van der Waals surface area contributed by atoms with Crippen LogP contribution in [0.4, 0.5) is 0 Å². The molecule has 5 nitrogen and oxygen atoms in total. The molecule has 1 saturated carbocycles. The maximum atomic E-state index is 12.5. The van der Waals surface area contributed by atoms with E-state index in [4.69, 9.17) is 10.9 Å². The first kappa shape index (κ1) is 14.8. The van der Waals surface area contributed by atoms with E-state index in [-0.39, 0.29) is 11.7 Å². The van der Waals surface area contributed by atoms with Crippen LogP contribution in [0.15, 0.2) is 5.16 Å². The lowest BCUT2D eigenvalue weighted by Crippen LogP contribution is -2.45. The molecule has 0 spiro atoms. The lowest BCUT2D eigenvalue weighted by Gasteiger charge is -2.28. The lowest BCUT2D eigenvalue weighted by molar-refractivity contribution is -0.135. The van der Waals surface area contributed by atoms with Crippen LogP contribution in [-0.4, -0.2) is 34.9 Å². The van der Waals surface area contributed by atoms with Crippen LogP contribution in [0.3, 0.4) is 0 Å². The van der Waals surface area contributed by atoms with Crippen molar-refractivity contribution >= 4 is 11.7 Å². The van der Waals surface area contributed by atoms with Crippen molar-refractivity contribution in [1.82, 2.24) is 4.90 Å². The second-order valence-corrected chi connectivity index (χ2v) is 5.09. The fraction of sp³-hybridized carbons (Fsp3) is 0.846. The van der Waals surface area contributed by atoms with Gasteiger partial charge < -0.3 is 15.8 Å². The number of amidine groups is 1. The Morgan fingerprint density at radius 1 is 1.39 bits per heavy atom. The van der Waals surface area contributed by atoms with Crippen molar-refractivity contribution in [3.63, 3.8) is 0 Å². The van der Waals surface area contributed by atoms with Gasteiger partial charge in [0.05, 0.1) is 0 Å². The average molecular weight is 255 g/mol. The first-order valence-electron chi connectivity index (χ1n) is 6.83. The number of oxime groups is 1. The zero-order chi connectivity index (χ0) is 13.8. The van der Waals surface area contributed by atoms with Crippen LogP contribution >= 0.6 is 0 Å². The Balaban J connectivity index is 2.74. The minimum atomic E-state index is -0.712. The number of hydrogen-bond acceptors (Lipinski definition) is 3. The highest BCUT2D eigenvalue weighted by atomic mass is 16.4. The van der Waals surface area contributed by atoms with Gasteiger partial charge in [-0.25, -0.2) is 0 Å². The lowest BCUT2D eigenvalue weighted by atomic mass is 9.99. The van der Waals surface area contributed by atoms with Crippen molar-refractivity contribution in [3.8, 4) is 0 Å². The molecule has 0 atom stereocenters. The number of nitrogens with two attached hydrogens (primary N) is 1. The van der Waals surface area contributed by atoms with E-state index in [1.165, 1.54) is 0 Å². The zero-order valence-electron chi connectivity index (χ0n) is 11.6.